The molecule has 2 N–H and O–H groups in total. The summed E-state index contributed by atoms with van der Waals surface area (Å²) in [7, 11) is 0. The smallest absolute Gasteiger partial charge is 0.238 e. The van der Waals surface area contributed by atoms with Gasteiger partial charge in [-0.05, 0) is 18.6 Å². The average molecular weight is 232 g/mol. The molecule has 2 atom stereocenters. The van der Waals surface area contributed by atoms with Crippen LogP contribution in [0.4, 0.5) is 0 Å². The van der Waals surface area contributed by atoms with Gasteiger partial charge in [0.05, 0.1) is 6.04 Å². The summed E-state index contributed by atoms with van der Waals surface area (Å²) in [4.78, 5) is 11.6. The highest BCUT2D eigenvalue weighted by molar-refractivity contribution is 8.00. The van der Waals surface area contributed by atoms with Crippen LogP contribution < -0.4 is 10.6 Å². The summed E-state index contributed by atoms with van der Waals surface area (Å²) in [6.07, 6.45) is 2.57. The Labute approximate surface area is 93.2 Å². The molecule has 2 aliphatic heterocycles. The molecule has 0 spiro atoms. The quantitative estimate of drug-likeness (QED) is 0.750. The van der Waals surface area contributed by atoms with Crippen molar-refractivity contribution in [1.29, 1.82) is 0 Å². The SMILES string of the molecule is O=C(NCC1CCCS1)[C@H]1CSCN1. The number of nitrogens with one attached hydrogen (secondary N) is 2. The first-order valence-corrected chi connectivity index (χ1v) is 7.27. The van der Waals surface area contributed by atoms with Gasteiger partial charge in [-0.1, -0.05) is 0 Å². The number of rotatable bonds is 3. The van der Waals surface area contributed by atoms with E-state index in [1.54, 1.807) is 11.8 Å². The van der Waals surface area contributed by atoms with E-state index < -0.39 is 0 Å². The zero-order chi connectivity index (χ0) is 9.80. The van der Waals surface area contributed by atoms with Gasteiger partial charge in [-0.25, -0.2) is 0 Å². The fourth-order valence-electron chi connectivity index (χ4n) is 1.71. The Morgan fingerprint density at radius 2 is 2.50 bits per heavy atom. The maximum atomic E-state index is 11.6. The first-order valence-electron chi connectivity index (χ1n) is 5.07. The van der Waals surface area contributed by atoms with Crippen molar-refractivity contribution in [1.82, 2.24) is 10.6 Å². The lowest BCUT2D eigenvalue weighted by molar-refractivity contribution is -0.122. The van der Waals surface area contributed by atoms with Crippen molar-refractivity contribution >= 4 is 29.4 Å². The summed E-state index contributed by atoms with van der Waals surface area (Å²) < 4.78 is 0. The third-order valence-corrected chi connectivity index (χ3v) is 4.90. The van der Waals surface area contributed by atoms with E-state index in [4.69, 9.17) is 0 Å². The van der Waals surface area contributed by atoms with Gasteiger partial charge in [0, 0.05) is 23.4 Å². The van der Waals surface area contributed by atoms with Crippen LogP contribution in [0.1, 0.15) is 12.8 Å². The molecule has 0 aromatic rings. The standard InChI is InChI=1S/C9H16N2OS2/c12-9(8-5-13-6-11-8)10-4-7-2-1-3-14-7/h7-8,11H,1-6H2,(H,10,12)/t7?,8-/m1/s1. The van der Waals surface area contributed by atoms with Crippen molar-refractivity contribution in [3.63, 3.8) is 0 Å². The van der Waals surface area contributed by atoms with E-state index in [1.165, 1.54) is 18.6 Å². The Bertz CT molecular complexity index is 201. The minimum Gasteiger partial charge on any atom is -0.354 e. The third kappa shape index (κ3) is 2.81. The third-order valence-electron chi connectivity index (χ3n) is 2.56. The lowest BCUT2D eigenvalue weighted by atomic mass is 10.2. The number of carbonyl (C=O) groups is 1. The number of hydrogen-bond acceptors (Lipinski definition) is 4. The zero-order valence-corrected chi connectivity index (χ0v) is 9.76. The molecule has 0 saturated carbocycles. The van der Waals surface area contributed by atoms with Crippen LogP contribution in [-0.2, 0) is 4.79 Å². The first-order chi connectivity index (χ1) is 6.86. The largest absolute Gasteiger partial charge is 0.354 e. The van der Waals surface area contributed by atoms with Gasteiger partial charge >= 0.3 is 0 Å². The van der Waals surface area contributed by atoms with Gasteiger partial charge in [0.15, 0.2) is 0 Å². The van der Waals surface area contributed by atoms with E-state index in [1.807, 2.05) is 11.8 Å². The molecule has 2 saturated heterocycles. The summed E-state index contributed by atoms with van der Waals surface area (Å²) in [6, 6.07) is 0.0476. The number of thioether (sulfide) groups is 2. The number of carbonyl (C=O) groups excluding carboxylic acids is 1. The molecule has 0 radical (unpaired) electrons. The maximum Gasteiger partial charge on any atom is 0.238 e. The van der Waals surface area contributed by atoms with Gasteiger partial charge in [-0.3, -0.25) is 10.1 Å². The molecule has 3 nitrogen and oxygen atoms in total. The second-order valence-corrected chi connectivity index (χ2v) is 6.09. The molecular formula is C9H16N2OS2. The van der Waals surface area contributed by atoms with Crippen molar-refractivity contribution in [3.05, 3.63) is 0 Å². The van der Waals surface area contributed by atoms with E-state index >= 15 is 0 Å². The summed E-state index contributed by atoms with van der Waals surface area (Å²) >= 11 is 3.78. The second kappa shape index (κ2) is 5.28. The Balaban J connectivity index is 1.66. The topological polar surface area (TPSA) is 41.1 Å². The van der Waals surface area contributed by atoms with E-state index in [2.05, 4.69) is 10.6 Å². The lowest BCUT2D eigenvalue weighted by Crippen LogP contribution is -2.43. The second-order valence-electron chi connectivity index (χ2n) is 3.65. The fraction of sp³-hybridized carbons (Fsp3) is 0.889. The van der Waals surface area contributed by atoms with Crippen LogP contribution in [0.25, 0.3) is 0 Å². The predicted molar refractivity (Wildman–Crippen MR) is 62.7 cm³/mol. The van der Waals surface area contributed by atoms with E-state index in [0.29, 0.717) is 5.25 Å². The van der Waals surface area contributed by atoms with Gasteiger partial charge in [0.1, 0.15) is 0 Å². The lowest BCUT2D eigenvalue weighted by Gasteiger charge is -2.13. The Morgan fingerprint density at radius 1 is 1.57 bits per heavy atom. The summed E-state index contributed by atoms with van der Waals surface area (Å²) in [6.45, 7) is 0.854. The van der Waals surface area contributed by atoms with Gasteiger partial charge in [-0.15, -0.1) is 11.8 Å². The summed E-state index contributed by atoms with van der Waals surface area (Å²) in [5, 5.41) is 6.87. The Hall–Kier alpha value is 0.130. The van der Waals surface area contributed by atoms with Crippen LogP contribution in [0.3, 0.4) is 0 Å². The minimum atomic E-state index is 0.0476. The number of hydrogen-bond donors (Lipinski definition) is 2. The van der Waals surface area contributed by atoms with Gasteiger partial charge in [0.25, 0.3) is 0 Å². The van der Waals surface area contributed by atoms with Crippen LogP contribution in [0.15, 0.2) is 0 Å². The van der Waals surface area contributed by atoms with Crippen molar-refractivity contribution in [3.8, 4) is 0 Å². The monoisotopic (exact) mass is 232 g/mol. The zero-order valence-electron chi connectivity index (χ0n) is 8.12. The molecule has 80 valence electrons. The maximum absolute atomic E-state index is 11.6. The molecule has 0 aliphatic carbocycles. The highest BCUT2D eigenvalue weighted by Gasteiger charge is 2.23. The van der Waals surface area contributed by atoms with Crippen LogP contribution >= 0.6 is 23.5 Å². The Kier molecular flexibility index (Phi) is 4.01. The van der Waals surface area contributed by atoms with Crippen LogP contribution in [0.5, 0.6) is 0 Å². The fourth-order valence-corrected chi connectivity index (χ4v) is 3.85. The van der Waals surface area contributed by atoms with E-state index in [0.717, 1.165) is 18.2 Å². The van der Waals surface area contributed by atoms with Gasteiger partial charge < -0.3 is 5.32 Å². The molecule has 0 aromatic carbocycles. The summed E-state index contributed by atoms with van der Waals surface area (Å²) in [5.74, 6) is 3.28. The first kappa shape index (κ1) is 10.6. The molecule has 2 aliphatic rings. The molecular weight excluding hydrogens is 216 g/mol. The molecule has 0 bridgehead atoms. The minimum absolute atomic E-state index is 0.0476. The van der Waals surface area contributed by atoms with Crippen molar-refractivity contribution in [2.45, 2.75) is 24.1 Å². The molecule has 1 unspecified atom stereocenters. The molecule has 14 heavy (non-hydrogen) atoms. The van der Waals surface area contributed by atoms with E-state index in [-0.39, 0.29) is 11.9 Å². The van der Waals surface area contributed by atoms with E-state index in [9.17, 15) is 4.79 Å². The number of amides is 1. The van der Waals surface area contributed by atoms with Gasteiger partial charge in [0.2, 0.25) is 5.91 Å². The Morgan fingerprint density at radius 3 is 3.14 bits per heavy atom. The average Bonchev–Trinajstić information content (AvgIpc) is 2.87. The van der Waals surface area contributed by atoms with Gasteiger partial charge in [-0.2, -0.15) is 11.8 Å². The predicted octanol–water partition coefficient (Wildman–Crippen LogP) is 0.661. The molecule has 0 aromatic heterocycles. The van der Waals surface area contributed by atoms with Crippen molar-refractivity contribution < 1.29 is 4.79 Å². The normalized spacial score (nSPS) is 32.0. The van der Waals surface area contributed by atoms with Crippen molar-refractivity contribution in [2.75, 3.05) is 23.9 Å². The molecule has 2 heterocycles. The van der Waals surface area contributed by atoms with Crippen LogP contribution in [0, 0.1) is 0 Å². The highest BCUT2D eigenvalue weighted by Crippen LogP contribution is 2.25. The van der Waals surface area contributed by atoms with Crippen molar-refractivity contribution in [2.24, 2.45) is 0 Å². The molecule has 1 amide bonds. The van der Waals surface area contributed by atoms with Crippen LogP contribution in [0.2, 0.25) is 0 Å². The molecule has 2 rings (SSSR count). The van der Waals surface area contributed by atoms with Crippen LogP contribution in [-0.4, -0.2) is 41.1 Å². The highest BCUT2D eigenvalue weighted by atomic mass is 32.2. The molecule has 2 fully saturated rings. The summed E-state index contributed by atoms with van der Waals surface area (Å²) in [5.41, 5.74) is 0. The molecule has 5 heteroatoms.